The average Bonchev–Trinajstić information content (AvgIpc) is 3.00. The van der Waals surface area contributed by atoms with E-state index in [-0.39, 0.29) is 31.1 Å². The summed E-state index contributed by atoms with van der Waals surface area (Å²) in [6.07, 6.45) is 2.81. The van der Waals surface area contributed by atoms with Gasteiger partial charge >= 0.3 is 0 Å². The summed E-state index contributed by atoms with van der Waals surface area (Å²) in [6, 6.07) is 15.8. The molecule has 0 spiro atoms. The van der Waals surface area contributed by atoms with Crippen LogP contribution in [0, 0.1) is 0 Å². The molecule has 4 rings (SSSR count). The number of unbranched alkanes of at least 4 members (excludes halogenated alkanes) is 2. The van der Waals surface area contributed by atoms with E-state index in [1.165, 1.54) is 0 Å². The van der Waals surface area contributed by atoms with Crippen molar-refractivity contribution in [2.24, 2.45) is 0 Å². The summed E-state index contributed by atoms with van der Waals surface area (Å²) >= 11 is 0. The summed E-state index contributed by atoms with van der Waals surface area (Å²) in [6.45, 7) is 4.51. The average molecular weight is 556 g/mol. The molecule has 10 heteroatoms. The number of amides is 2. The van der Waals surface area contributed by atoms with Crippen molar-refractivity contribution in [2.45, 2.75) is 70.2 Å². The number of aliphatic hydroxyl groups excluding tert-OH is 1. The summed E-state index contributed by atoms with van der Waals surface area (Å²) in [5.74, 6) is -0.438. The Morgan fingerprint density at radius 3 is 2.17 bits per heavy atom. The molecule has 0 bridgehead atoms. The summed E-state index contributed by atoms with van der Waals surface area (Å²) in [4.78, 5) is 25.6. The molecule has 2 fully saturated rings. The van der Waals surface area contributed by atoms with Gasteiger partial charge in [-0.05, 0) is 29.5 Å². The van der Waals surface area contributed by atoms with Gasteiger partial charge in [0, 0.05) is 51.0 Å². The van der Waals surface area contributed by atoms with Crippen LogP contribution in [0.15, 0.2) is 48.5 Å². The third-order valence-corrected chi connectivity index (χ3v) is 7.35. The Balaban J connectivity index is 1.31. The van der Waals surface area contributed by atoms with Crippen LogP contribution in [0.25, 0.3) is 0 Å². The lowest BCUT2D eigenvalue weighted by molar-refractivity contribution is -0.253. The van der Waals surface area contributed by atoms with Crippen molar-refractivity contribution in [1.82, 2.24) is 15.7 Å². The van der Waals surface area contributed by atoms with Crippen LogP contribution in [0.3, 0.4) is 0 Å². The van der Waals surface area contributed by atoms with Gasteiger partial charge in [0.1, 0.15) is 0 Å². The number of hydroxylamine groups is 1. The van der Waals surface area contributed by atoms with Gasteiger partial charge in [0.2, 0.25) is 11.8 Å². The van der Waals surface area contributed by atoms with Crippen molar-refractivity contribution in [2.75, 3.05) is 32.8 Å². The maximum absolute atomic E-state index is 12.2. The second kappa shape index (κ2) is 15.8. The Morgan fingerprint density at radius 1 is 0.850 bits per heavy atom. The number of nitrogens with zero attached hydrogens (tertiary/aromatic N) is 1. The lowest BCUT2D eigenvalue weighted by Gasteiger charge is -2.39. The smallest absolute Gasteiger partial charge is 0.243 e. The third-order valence-electron chi connectivity index (χ3n) is 7.35. The molecular weight excluding hydrogens is 514 g/mol. The Hall–Kier alpha value is -2.86. The molecule has 0 radical (unpaired) electrons. The van der Waals surface area contributed by atoms with E-state index >= 15 is 0 Å². The molecule has 0 saturated carbocycles. The summed E-state index contributed by atoms with van der Waals surface area (Å²) in [5, 5.41) is 20.9. The number of ether oxygens (including phenoxy) is 3. The van der Waals surface area contributed by atoms with Gasteiger partial charge in [-0.2, -0.15) is 0 Å². The first-order chi connectivity index (χ1) is 19.5. The van der Waals surface area contributed by atoms with E-state index in [0.717, 1.165) is 67.9 Å². The summed E-state index contributed by atoms with van der Waals surface area (Å²) in [7, 11) is 0. The maximum Gasteiger partial charge on any atom is 0.243 e. The molecule has 2 aliphatic rings. The Labute approximate surface area is 235 Å². The third kappa shape index (κ3) is 9.36. The number of morpholine rings is 1. The largest absolute Gasteiger partial charge is 0.392 e. The first-order valence-electron chi connectivity index (χ1n) is 14.1. The van der Waals surface area contributed by atoms with Crippen LogP contribution in [-0.4, -0.2) is 66.0 Å². The molecule has 10 nitrogen and oxygen atoms in total. The molecule has 2 aromatic carbocycles. The maximum atomic E-state index is 12.2. The van der Waals surface area contributed by atoms with Gasteiger partial charge < -0.3 is 24.6 Å². The van der Waals surface area contributed by atoms with Crippen molar-refractivity contribution in [3.63, 3.8) is 0 Å². The molecule has 40 heavy (non-hydrogen) atoms. The second-order valence-electron chi connectivity index (χ2n) is 10.4. The lowest BCUT2D eigenvalue weighted by atomic mass is 9.99. The zero-order valence-corrected chi connectivity index (χ0v) is 22.9. The Morgan fingerprint density at radius 2 is 1.50 bits per heavy atom. The number of aliphatic hydroxyl groups is 1. The number of carbonyl (C=O) groups excluding carboxylic acids is 2. The van der Waals surface area contributed by atoms with Crippen molar-refractivity contribution >= 4 is 11.8 Å². The predicted molar refractivity (Wildman–Crippen MR) is 147 cm³/mol. The second-order valence-corrected chi connectivity index (χ2v) is 10.4. The summed E-state index contributed by atoms with van der Waals surface area (Å²) < 4.78 is 18.4. The molecular formula is C30H41N3O7. The van der Waals surface area contributed by atoms with Crippen LogP contribution < -0.4 is 10.8 Å². The van der Waals surface area contributed by atoms with E-state index in [1.54, 1.807) is 5.48 Å². The molecule has 0 aliphatic carbocycles. The van der Waals surface area contributed by atoms with Crippen molar-refractivity contribution in [1.29, 1.82) is 0 Å². The lowest BCUT2D eigenvalue weighted by Crippen LogP contribution is -2.44. The van der Waals surface area contributed by atoms with Gasteiger partial charge in [-0.3, -0.25) is 19.7 Å². The zero-order valence-electron chi connectivity index (χ0n) is 22.9. The zero-order chi connectivity index (χ0) is 28.2. The van der Waals surface area contributed by atoms with Gasteiger partial charge in [-0.15, -0.1) is 0 Å². The quantitative estimate of drug-likeness (QED) is 0.169. The van der Waals surface area contributed by atoms with Crippen LogP contribution in [0.1, 0.15) is 73.2 Å². The number of benzene rings is 2. The molecule has 3 atom stereocenters. The number of carbonyl (C=O) groups is 2. The molecule has 2 saturated heterocycles. The fourth-order valence-corrected chi connectivity index (χ4v) is 4.99. The topological polar surface area (TPSA) is 130 Å². The van der Waals surface area contributed by atoms with E-state index in [9.17, 15) is 14.7 Å². The van der Waals surface area contributed by atoms with Gasteiger partial charge in [0.15, 0.2) is 6.29 Å². The molecule has 2 heterocycles. The fourth-order valence-electron chi connectivity index (χ4n) is 4.99. The highest BCUT2D eigenvalue weighted by molar-refractivity contribution is 5.76. The molecule has 0 unspecified atom stereocenters. The number of rotatable bonds is 13. The minimum Gasteiger partial charge on any atom is -0.392 e. The van der Waals surface area contributed by atoms with Gasteiger partial charge in [0.25, 0.3) is 0 Å². The van der Waals surface area contributed by atoms with E-state index in [4.69, 9.17) is 19.4 Å². The number of nitrogens with one attached hydrogen (secondary N) is 2. The Bertz CT molecular complexity index is 1060. The van der Waals surface area contributed by atoms with Crippen LogP contribution >= 0.6 is 0 Å². The standard InChI is InChI=1S/C30H41N3O7/c34-21-23-8-10-24(11-9-23)27-18-26(20-33-14-16-38-17-15-33)39-30(40-27)25-12-6-22(7-13-25)19-31-28(35)4-2-1-3-5-29(36)32-37/h6-13,26-27,30,34,37H,1-5,14-21H2,(H,31,35)(H,32,36)/t26-,27+,30+/m0/s1. The highest BCUT2D eigenvalue weighted by Crippen LogP contribution is 2.38. The molecule has 4 N–H and O–H groups in total. The minimum atomic E-state index is -0.515. The normalized spacial score (nSPS) is 21.6. The van der Waals surface area contributed by atoms with E-state index in [1.807, 2.05) is 48.5 Å². The molecule has 2 amide bonds. The van der Waals surface area contributed by atoms with Crippen LogP contribution in [0.5, 0.6) is 0 Å². The SMILES string of the molecule is O=C(CCCCCC(=O)NCc1ccc([C@@H]2O[C@H](CN3CCOCC3)C[C@H](c3ccc(CO)cc3)O2)cc1)NO. The first-order valence-corrected chi connectivity index (χ1v) is 14.1. The van der Waals surface area contributed by atoms with E-state index < -0.39 is 12.2 Å². The molecule has 0 aromatic heterocycles. The monoisotopic (exact) mass is 555 g/mol. The first kappa shape index (κ1) is 30.1. The highest BCUT2D eigenvalue weighted by Gasteiger charge is 2.33. The summed E-state index contributed by atoms with van der Waals surface area (Å²) in [5.41, 5.74) is 5.45. The highest BCUT2D eigenvalue weighted by atomic mass is 16.7. The van der Waals surface area contributed by atoms with Crippen molar-refractivity contribution < 1.29 is 34.1 Å². The van der Waals surface area contributed by atoms with Gasteiger partial charge in [-0.25, -0.2) is 5.48 Å². The van der Waals surface area contributed by atoms with Crippen LogP contribution in [0.2, 0.25) is 0 Å². The van der Waals surface area contributed by atoms with Gasteiger partial charge in [0.05, 0.1) is 32.0 Å². The van der Waals surface area contributed by atoms with E-state index in [2.05, 4.69) is 10.2 Å². The molecule has 2 aliphatic heterocycles. The predicted octanol–water partition coefficient (Wildman–Crippen LogP) is 3.13. The number of hydrogen-bond acceptors (Lipinski definition) is 8. The van der Waals surface area contributed by atoms with Crippen LogP contribution in [-0.2, 0) is 37.0 Å². The van der Waals surface area contributed by atoms with Crippen LogP contribution in [0.4, 0.5) is 0 Å². The van der Waals surface area contributed by atoms with Crippen molar-refractivity contribution in [3.05, 3.63) is 70.8 Å². The molecule has 2 aromatic rings. The Kier molecular flexibility index (Phi) is 11.9. The minimum absolute atomic E-state index is 0.00337. The van der Waals surface area contributed by atoms with E-state index in [0.29, 0.717) is 25.8 Å². The van der Waals surface area contributed by atoms with Gasteiger partial charge in [-0.1, -0.05) is 55.0 Å². The number of hydrogen-bond donors (Lipinski definition) is 4. The van der Waals surface area contributed by atoms with Crippen molar-refractivity contribution in [3.8, 4) is 0 Å². The molecule has 218 valence electrons. The fraction of sp³-hybridized carbons (Fsp3) is 0.533.